The Labute approximate surface area is 125 Å². The second-order valence-electron chi connectivity index (χ2n) is 5.03. The predicted octanol–water partition coefficient (Wildman–Crippen LogP) is 3.19. The van der Waals surface area contributed by atoms with Gasteiger partial charge < -0.3 is 14.1 Å². The summed E-state index contributed by atoms with van der Waals surface area (Å²) in [7, 11) is 1.64. The van der Waals surface area contributed by atoms with Crippen LogP contribution in [0.25, 0.3) is 0 Å². The van der Waals surface area contributed by atoms with Crippen LogP contribution < -0.4 is 0 Å². The second-order valence-corrected chi connectivity index (χ2v) is 5.03. The highest BCUT2D eigenvalue weighted by molar-refractivity contribution is 5.95. The van der Waals surface area contributed by atoms with Crippen molar-refractivity contribution in [3.05, 3.63) is 59.0 Å². The fourth-order valence-electron chi connectivity index (χ4n) is 2.27. The van der Waals surface area contributed by atoms with E-state index in [9.17, 15) is 4.79 Å². The van der Waals surface area contributed by atoms with Gasteiger partial charge in [-0.1, -0.05) is 30.3 Å². The molecule has 0 saturated carbocycles. The first-order valence-corrected chi connectivity index (χ1v) is 7.01. The van der Waals surface area contributed by atoms with Gasteiger partial charge in [0.1, 0.15) is 11.5 Å². The molecule has 0 unspecified atom stereocenters. The van der Waals surface area contributed by atoms with Crippen LogP contribution >= 0.6 is 0 Å². The first-order valence-electron chi connectivity index (χ1n) is 7.01. The molecule has 4 nitrogen and oxygen atoms in total. The van der Waals surface area contributed by atoms with Crippen LogP contribution in [0, 0.1) is 13.8 Å². The van der Waals surface area contributed by atoms with Crippen LogP contribution in [0.15, 0.2) is 40.8 Å². The molecule has 0 atom stereocenters. The number of methoxy groups -OCH3 is 1. The van der Waals surface area contributed by atoms with Crippen molar-refractivity contribution < 1.29 is 13.9 Å². The zero-order valence-corrected chi connectivity index (χ0v) is 12.8. The molecule has 1 amide bonds. The standard InChI is InChI=1S/C17H21NO3/c1-13-11-16(14(2)21-13)17(19)18(9-10-20-3)12-15-7-5-4-6-8-15/h4-8,11H,9-10,12H2,1-3H3. The summed E-state index contributed by atoms with van der Waals surface area (Å²) in [6.07, 6.45) is 0. The van der Waals surface area contributed by atoms with Gasteiger partial charge in [-0.2, -0.15) is 0 Å². The van der Waals surface area contributed by atoms with Crippen LogP contribution in [0.5, 0.6) is 0 Å². The fraction of sp³-hybridized carbons (Fsp3) is 0.353. The maximum Gasteiger partial charge on any atom is 0.257 e. The van der Waals surface area contributed by atoms with Crippen LogP contribution in [-0.4, -0.2) is 31.1 Å². The molecular formula is C17H21NO3. The SMILES string of the molecule is COCCN(Cc1ccccc1)C(=O)c1cc(C)oc1C. The van der Waals surface area contributed by atoms with Gasteiger partial charge in [-0.3, -0.25) is 4.79 Å². The van der Waals surface area contributed by atoms with Gasteiger partial charge in [0.05, 0.1) is 12.2 Å². The van der Waals surface area contributed by atoms with Crippen molar-refractivity contribution in [2.24, 2.45) is 0 Å². The minimum Gasteiger partial charge on any atom is -0.466 e. The van der Waals surface area contributed by atoms with E-state index in [4.69, 9.17) is 9.15 Å². The van der Waals surface area contributed by atoms with Crippen LogP contribution in [0.4, 0.5) is 0 Å². The molecule has 0 spiro atoms. The third-order valence-electron chi connectivity index (χ3n) is 3.34. The lowest BCUT2D eigenvalue weighted by atomic mass is 10.1. The van der Waals surface area contributed by atoms with Gasteiger partial charge in [0.2, 0.25) is 0 Å². The Balaban J connectivity index is 2.19. The number of amides is 1. The van der Waals surface area contributed by atoms with Crippen molar-refractivity contribution in [2.75, 3.05) is 20.3 Å². The number of benzene rings is 1. The van der Waals surface area contributed by atoms with Gasteiger partial charge in [-0.05, 0) is 25.5 Å². The summed E-state index contributed by atoms with van der Waals surface area (Å²) in [6.45, 7) is 5.28. The van der Waals surface area contributed by atoms with Crippen LogP contribution in [0.2, 0.25) is 0 Å². The molecule has 0 bridgehead atoms. The Kier molecular flexibility index (Phi) is 5.17. The van der Waals surface area contributed by atoms with E-state index in [1.807, 2.05) is 44.2 Å². The molecule has 0 radical (unpaired) electrons. The molecule has 2 aromatic rings. The topological polar surface area (TPSA) is 42.7 Å². The number of hydrogen-bond acceptors (Lipinski definition) is 3. The number of carbonyl (C=O) groups is 1. The highest BCUT2D eigenvalue weighted by Crippen LogP contribution is 2.17. The van der Waals surface area contributed by atoms with Gasteiger partial charge in [0.25, 0.3) is 5.91 Å². The van der Waals surface area contributed by atoms with Gasteiger partial charge in [-0.25, -0.2) is 0 Å². The number of furan rings is 1. The normalized spacial score (nSPS) is 10.6. The third-order valence-corrected chi connectivity index (χ3v) is 3.34. The lowest BCUT2D eigenvalue weighted by molar-refractivity contribution is 0.0678. The summed E-state index contributed by atoms with van der Waals surface area (Å²) >= 11 is 0. The highest BCUT2D eigenvalue weighted by atomic mass is 16.5. The molecule has 0 fully saturated rings. The third kappa shape index (κ3) is 3.95. The molecular weight excluding hydrogens is 266 g/mol. The molecule has 0 N–H and O–H groups in total. The van der Waals surface area contributed by atoms with Crippen molar-refractivity contribution in [1.29, 1.82) is 0 Å². The largest absolute Gasteiger partial charge is 0.466 e. The number of rotatable bonds is 6. The first-order chi connectivity index (χ1) is 10.1. The van der Waals surface area contributed by atoms with Crippen molar-refractivity contribution in [3.63, 3.8) is 0 Å². The van der Waals surface area contributed by atoms with E-state index in [1.54, 1.807) is 18.1 Å². The van der Waals surface area contributed by atoms with Gasteiger partial charge in [-0.15, -0.1) is 0 Å². The van der Waals surface area contributed by atoms with Crippen LogP contribution in [-0.2, 0) is 11.3 Å². The molecule has 1 heterocycles. The minimum absolute atomic E-state index is 0.0229. The Bertz CT molecular complexity index is 589. The number of aryl methyl sites for hydroxylation is 2. The van der Waals surface area contributed by atoms with Gasteiger partial charge in [0.15, 0.2) is 0 Å². The summed E-state index contributed by atoms with van der Waals surface area (Å²) in [5, 5.41) is 0. The van der Waals surface area contributed by atoms with E-state index < -0.39 is 0 Å². The lowest BCUT2D eigenvalue weighted by Gasteiger charge is -2.22. The average molecular weight is 287 g/mol. The quantitative estimate of drug-likeness (QED) is 0.819. The average Bonchev–Trinajstić information content (AvgIpc) is 2.82. The molecule has 1 aromatic heterocycles. The van der Waals surface area contributed by atoms with E-state index in [0.29, 0.717) is 31.0 Å². The van der Waals surface area contributed by atoms with Crippen molar-refractivity contribution in [3.8, 4) is 0 Å². The summed E-state index contributed by atoms with van der Waals surface area (Å²) in [5.74, 6) is 1.39. The summed E-state index contributed by atoms with van der Waals surface area (Å²) in [6, 6.07) is 11.7. The fourth-order valence-corrected chi connectivity index (χ4v) is 2.27. The molecule has 21 heavy (non-hydrogen) atoms. The highest BCUT2D eigenvalue weighted by Gasteiger charge is 2.20. The monoisotopic (exact) mass is 287 g/mol. The van der Waals surface area contributed by atoms with Crippen LogP contribution in [0.1, 0.15) is 27.4 Å². The smallest absolute Gasteiger partial charge is 0.257 e. The van der Waals surface area contributed by atoms with Crippen molar-refractivity contribution in [2.45, 2.75) is 20.4 Å². The van der Waals surface area contributed by atoms with E-state index >= 15 is 0 Å². The van der Waals surface area contributed by atoms with E-state index in [0.717, 1.165) is 11.3 Å². The lowest BCUT2D eigenvalue weighted by Crippen LogP contribution is -2.33. The van der Waals surface area contributed by atoms with Crippen molar-refractivity contribution in [1.82, 2.24) is 4.90 Å². The minimum atomic E-state index is -0.0229. The molecule has 0 aliphatic rings. The van der Waals surface area contributed by atoms with E-state index in [2.05, 4.69) is 0 Å². The zero-order valence-electron chi connectivity index (χ0n) is 12.8. The van der Waals surface area contributed by atoms with Gasteiger partial charge >= 0.3 is 0 Å². The van der Waals surface area contributed by atoms with Crippen molar-refractivity contribution >= 4 is 5.91 Å². The number of carbonyl (C=O) groups excluding carboxylic acids is 1. The Morgan fingerprint density at radius 3 is 2.52 bits per heavy atom. The number of ether oxygens (including phenoxy) is 1. The first kappa shape index (κ1) is 15.3. The predicted molar refractivity (Wildman–Crippen MR) is 81.2 cm³/mol. The molecule has 1 aromatic carbocycles. The molecule has 0 aliphatic heterocycles. The maximum absolute atomic E-state index is 12.7. The number of nitrogens with zero attached hydrogens (tertiary/aromatic N) is 1. The Morgan fingerprint density at radius 2 is 1.95 bits per heavy atom. The number of hydrogen-bond donors (Lipinski definition) is 0. The molecule has 0 saturated heterocycles. The molecule has 112 valence electrons. The summed E-state index contributed by atoms with van der Waals surface area (Å²) in [5.41, 5.74) is 1.72. The summed E-state index contributed by atoms with van der Waals surface area (Å²) < 4.78 is 10.6. The van der Waals surface area contributed by atoms with Crippen LogP contribution in [0.3, 0.4) is 0 Å². The summed E-state index contributed by atoms with van der Waals surface area (Å²) in [4.78, 5) is 14.5. The molecule has 4 heteroatoms. The van der Waals surface area contributed by atoms with E-state index in [-0.39, 0.29) is 5.91 Å². The zero-order chi connectivity index (χ0) is 15.2. The Morgan fingerprint density at radius 1 is 1.24 bits per heavy atom. The van der Waals surface area contributed by atoms with E-state index in [1.165, 1.54) is 0 Å². The van der Waals surface area contributed by atoms with Gasteiger partial charge in [0, 0.05) is 20.2 Å². The Hall–Kier alpha value is -2.07. The molecule has 2 rings (SSSR count). The molecule has 0 aliphatic carbocycles. The second kappa shape index (κ2) is 7.09. The maximum atomic E-state index is 12.7.